The van der Waals surface area contributed by atoms with Crippen molar-refractivity contribution in [3.63, 3.8) is 0 Å². The summed E-state index contributed by atoms with van der Waals surface area (Å²) >= 11 is 0. The summed E-state index contributed by atoms with van der Waals surface area (Å²) in [6.45, 7) is 0.899. The number of aromatic nitrogens is 2. The lowest BCUT2D eigenvalue weighted by atomic mass is 10.1. The number of phenolic OH excluding ortho intramolecular Hbond substituents is 1. The highest BCUT2D eigenvalue weighted by molar-refractivity contribution is 5.29. The van der Waals surface area contributed by atoms with E-state index < -0.39 is 0 Å². The van der Waals surface area contributed by atoms with E-state index in [1.165, 1.54) is 5.56 Å². The highest BCUT2D eigenvalue weighted by Crippen LogP contribution is 2.17. The van der Waals surface area contributed by atoms with Gasteiger partial charge in [-0.3, -0.25) is 4.84 Å². The summed E-state index contributed by atoms with van der Waals surface area (Å²) in [6, 6.07) is 17.3. The molecular weight excluding hydrogens is 290 g/mol. The third kappa shape index (κ3) is 3.77. The molecule has 0 bridgehead atoms. The first-order valence-electron chi connectivity index (χ1n) is 7.42. The van der Waals surface area contributed by atoms with Gasteiger partial charge in [0.1, 0.15) is 12.4 Å². The third-order valence-electron chi connectivity index (χ3n) is 3.73. The van der Waals surface area contributed by atoms with Crippen molar-refractivity contribution in [3.05, 3.63) is 83.4 Å². The molecule has 0 aliphatic carbocycles. The van der Waals surface area contributed by atoms with Crippen LogP contribution in [0, 0.1) is 0 Å². The zero-order chi connectivity index (χ0) is 16.1. The number of imidazole rings is 1. The number of phenols is 1. The van der Waals surface area contributed by atoms with Gasteiger partial charge in [-0.1, -0.05) is 42.5 Å². The summed E-state index contributed by atoms with van der Waals surface area (Å²) in [5.74, 6) is 5.54. The number of nitrogens with zero attached hydrogens (tertiary/aromatic N) is 2. The average Bonchev–Trinajstić information content (AvgIpc) is 2.91. The molecule has 0 fully saturated rings. The van der Waals surface area contributed by atoms with E-state index in [0.717, 1.165) is 23.4 Å². The maximum Gasteiger partial charge on any atom is 0.115 e. The van der Waals surface area contributed by atoms with Crippen molar-refractivity contribution in [2.75, 3.05) is 0 Å². The topological polar surface area (TPSA) is 73.3 Å². The van der Waals surface area contributed by atoms with E-state index in [9.17, 15) is 5.11 Å². The number of nitrogens with two attached hydrogens (primary N) is 1. The van der Waals surface area contributed by atoms with Crippen molar-refractivity contribution in [1.29, 1.82) is 0 Å². The molecule has 0 aliphatic rings. The molecule has 0 atom stereocenters. The van der Waals surface area contributed by atoms with Crippen LogP contribution in [0.5, 0.6) is 5.75 Å². The highest BCUT2D eigenvalue weighted by Gasteiger charge is 2.12. The Balaban J connectivity index is 1.86. The standard InChI is InChI=1S/C18H19N3O2/c19-23-12-18-17(10-14-5-2-1-3-6-14)20-13-21(18)11-15-7-4-8-16(22)9-15/h1-9,13,22H,10-12,19H2. The molecule has 0 unspecified atom stereocenters. The molecule has 0 saturated heterocycles. The fourth-order valence-electron chi connectivity index (χ4n) is 2.62. The molecule has 2 aromatic carbocycles. The second-order valence-corrected chi connectivity index (χ2v) is 5.41. The van der Waals surface area contributed by atoms with Crippen LogP contribution in [0.2, 0.25) is 0 Å². The van der Waals surface area contributed by atoms with Gasteiger partial charge in [0.05, 0.1) is 17.7 Å². The Kier molecular flexibility index (Phi) is 4.71. The normalized spacial score (nSPS) is 10.8. The maximum absolute atomic E-state index is 9.59. The third-order valence-corrected chi connectivity index (χ3v) is 3.73. The summed E-state index contributed by atoms with van der Waals surface area (Å²) in [4.78, 5) is 9.37. The number of benzene rings is 2. The Morgan fingerprint density at radius 2 is 1.83 bits per heavy atom. The molecule has 118 valence electrons. The lowest BCUT2D eigenvalue weighted by Crippen LogP contribution is -2.09. The molecular formula is C18H19N3O2. The molecule has 3 aromatic rings. The molecule has 23 heavy (non-hydrogen) atoms. The first kappa shape index (κ1) is 15.3. The molecule has 1 aromatic heterocycles. The van der Waals surface area contributed by atoms with Crippen molar-refractivity contribution in [1.82, 2.24) is 9.55 Å². The van der Waals surface area contributed by atoms with Gasteiger partial charge in [0, 0.05) is 13.0 Å². The van der Waals surface area contributed by atoms with E-state index in [4.69, 9.17) is 10.7 Å². The number of hydrogen-bond donors (Lipinski definition) is 2. The Morgan fingerprint density at radius 1 is 1.04 bits per heavy atom. The van der Waals surface area contributed by atoms with Gasteiger partial charge in [0.15, 0.2) is 0 Å². The summed E-state index contributed by atoms with van der Waals surface area (Å²) in [7, 11) is 0. The second kappa shape index (κ2) is 7.09. The van der Waals surface area contributed by atoms with Crippen LogP contribution in [0.25, 0.3) is 0 Å². The van der Waals surface area contributed by atoms with Crippen LogP contribution >= 0.6 is 0 Å². The molecule has 0 amide bonds. The Hall–Kier alpha value is -2.63. The van der Waals surface area contributed by atoms with E-state index >= 15 is 0 Å². The lowest BCUT2D eigenvalue weighted by Gasteiger charge is -2.10. The van der Waals surface area contributed by atoms with E-state index in [2.05, 4.69) is 17.1 Å². The van der Waals surface area contributed by atoms with Gasteiger partial charge in [0.2, 0.25) is 0 Å². The highest BCUT2D eigenvalue weighted by atomic mass is 16.6. The van der Waals surface area contributed by atoms with Crippen LogP contribution in [-0.4, -0.2) is 14.7 Å². The van der Waals surface area contributed by atoms with Gasteiger partial charge in [-0.15, -0.1) is 0 Å². The molecule has 0 spiro atoms. The zero-order valence-corrected chi connectivity index (χ0v) is 12.7. The molecule has 5 nitrogen and oxygen atoms in total. The second-order valence-electron chi connectivity index (χ2n) is 5.41. The number of aromatic hydroxyl groups is 1. The summed E-state index contributed by atoms with van der Waals surface area (Å²) in [5.41, 5.74) is 4.07. The fraction of sp³-hybridized carbons (Fsp3) is 0.167. The Morgan fingerprint density at radius 3 is 2.57 bits per heavy atom. The minimum absolute atomic E-state index is 0.253. The van der Waals surface area contributed by atoms with Crippen LogP contribution in [0.1, 0.15) is 22.5 Å². The molecule has 0 saturated carbocycles. The smallest absolute Gasteiger partial charge is 0.115 e. The zero-order valence-electron chi connectivity index (χ0n) is 12.7. The van der Waals surface area contributed by atoms with Crippen LogP contribution < -0.4 is 5.90 Å². The first-order valence-corrected chi connectivity index (χ1v) is 7.42. The van der Waals surface area contributed by atoms with Crippen LogP contribution in [0.15, 0.2) is 60.9 Å². The summed E-state index contributed by atoms with van der Waals surface area (Å²) in [6.07, 6.45) is 2.52. The number of hydrogen-bond acceptors (Lipinski definition) is 4. The van der Waals surface area contributed by atoms with E-state index in [-0.39, 0.29) is 5.75 Å². The van der Waals surface area contributed by atoms with Crippen molar-refractivity contribution < 1.29 is 9.94 Å². The van der Waals surface area contributed by atoms with Gasteiger partial charge in [0.25, 0.3) is 0 Å². The van der Waals surface area contributed by atoms with E-state index in [1.807, 2.05) is 34.9 Å². The van der Waals surface area contributed by atoms with E-state index in [0.29, 0.717) is 13.2 Å². The molecule has 5 heteroatoms. The Labute approximate surface area is 134 Å². The first-order chi connectivity index (χ1) is 11.3. The van der Waals surface area contributed by atoms with Gasteiger partial charge < -0.3 is 9.67 Å². The van der Waals surface area contributed by atoms with Gasteiger partial charge in [-0.25, -0.2) is 10.9 Å². The maximum atomic E-state index is 9.59. The number of rotatable bonds is 6. The van der Waals surface area contributed by atoms with Crippen molar-refractivity contribution in [3.8, 4) is 5.75 Å². The van der Waals surface area contributed by atoms with Crippen LogP contribution in [0.3, 0.4) is 0 Å². The van der Waals surface area contributed by atoms with Gasteiger partial charge in [-0.05, 0) is 23.3 Å². The van der Waals surface area contributed by atoms with Crippen molar-refractivity contribution in [2.24, 2.45) is 5.90 Å². The monoisotopic (exact) mass is 309 g/mol. The molecule has 1 heterocycles. The average molecular weight is 309 g/mol. The lowest BCUT2D eigenvalue weighted by molar-refractivity contribution is 0.118. The Bertz CT molecular complexity index is 769. The molecule has 0 aliphatic heterocycles. The summed E-state index contributed by atoms with van der Waals surface area (Å²) in [5, 5.41) is 9.59. The van der Waals surface area contributed by atoms with Crippen molar-refractivity contribution in [2.45, 2.75) is 19.6 Å². The fourth-order valence-corrected chi connectivity index (χ4v) is 2.62. The molecule has 3 rings (SSSR count). The minimum Gasteiger partial charge on any atom is -0.508 e. The largest absolute Gasteiger partial charge is 0.508 e. The minimum atomic E-state index is 0.253. The van der Waals surface area contributed by atoms with Gasteiger partial charge in [-0.2, -0.15) is 0 Å². The predicted octanol–water partition coefficient (Wildman–Crippen LogP) is 2.62. The SMILES string of the molecule is NOCc1c(Cc2ccccc2)ncn1Cc1cccc(O)c1. The van der Waals surface area contributed by atoms with Gasteiger partial charge >= 0.3 is 0 Å². The van der Waals surface area contributed by atoms with Crippen LogP contribution in [-0.2, 0) is 24.4 Å². The van der Waals surface area contributed by atoms with E-state index in [1.54, 1.807) is 18.5 Å². The van der Waals surface area contributed by atoms with Crippen molar-refractivity contribution >= 4 is 0 Å². The van der Waals surface area contributed by atoms with Crippen LogP contribution in [0.4, 0.5) is 0 Å². The predicted molar refractivity (Wildman–Crippen MR) is 87.7 cm³/mol. The quantitative estimate of drug-likeness (QED) is 0.687. The molecule has 0 radical (unpaired) electrons. The summed E-state index contributed by atoms with van der Waals surface area (Å²) < 4.78 is 2.00. The molecule has 3 N–H and O–H groups in total.